The zero-order valence-electron chi connectivity index (χ0n) is 12.2. The molecule has 1 aromatic rings. The van der Waals surface area contributed by atoms with Gasteiger partial charge in [0, 0.05) is 18.0 Å². The Bertz CT molecular complexity index is 380. The molecule has 0 amide bonds. The van der Waals surface area contributed by atoms with Gasteiger partial charge in [-0.3, -0.25) is 0 Å². The topological polar surface area (TPSA) is 63.8 Å². The predicted molar refractivity (Wildman–Crippen MR) is 77.7 cm³/mol. The van der Waals surface area contributed by atoms with Crippen LogP contribution >= 0.6 is 0 Å². The van der Waals surface area contributed by atoms with Crippen LogP contribution in [0.5, 0.6) is 0 Å². The summed E-state index contributed by atoms with van der Waals surface area (Å²) < 4.78 is 0. The Hall–Kier alpha value is -1.32. The highest BCUT2D eigenvalue weighted by Gasteiger charge is 2.18. The molecule has 0 aliphatic carbocycles. The van der Waals surface area contributed by atoms with Crippen LogP contribution in [-0.4, -0.2) is 16.5 Å². The van der Waals surface area contributed by atoms with Crippen LogP contribution in [-0.2, 0) is 5.41 Å². The van der Waals surface area contributed by atoms with E-state index in [9.17, 15) is 0 Å². The zero-order valence-corrected chi connectivity index (χ0v) is 12.2. The van der Waals surface area contributed by atoms with E-state index in [-0.39, 0.29) is 5.41 Å². The molecule has 3 N–H and O–H groups in total. The van der Waals surface area contributed by atoms with Gasteiger partial charge in [-0.1, -0.05) is 34.6 Å². The lowest BCUT2D eigenvalue weighted by Crippen LogP contribution is -2.18. The second-order valence-corrected chi connectivity index (χ2v) is 6.21. The number of hydrogen-bond donors (Lipinski definition) is 2. The number of anilines is 2. The molecule has 1 aromatic heterocycles. The van der Waals surface area contributed by atoms with Crippen molar-refractivity contribution in [1.29, 1.82) is 0 Å². The molecule has 0 aliphatic heterocycles. The molecule has 0 aliphatic rings. The molecule has 0 saturated heterocycles. The van der Waals surface area contributed by atoms with Crippen molar-refractivity contribution < 1.29 is 0 Å². The minimum Gasteiger partial charge on any atom is -0.384 e. The number of rotatable bonds is 5. The SMILES string of the molecule is CC(C)CCCNc1cc(N)nc(C(C)(C)C)n1. The van der Waals surface area contributed by atoms with E-state index in [2.05, 4.69) is 49.9 Å². The van der Waals surface area contributed by atoms with Crippen molar-refractivity contribution in [2.24, 2.45) is 5.92 Å². The molecule has 18 heavy (non-hydrogen) atoms. The molecule has 4 heteroatoms. The van der Waals surface area contributed by atoms with Gasteiger partial charge >= 0.3 is 0 Å². The van der Waals surface area contributed by atoms with Crippen molar-refractivity contribution in [3.8, 4) is 0 Å². The van der Waals surface area contributed by atoms with Gasteiger partial charge in [-0.25, -0.2) is 9.97 Å². The maximum Gasteiger partial charge on any atom is 0.138 e. The molecule has 0 atom stereocenters. The van der Waals surface area contributed by atoms with Crippen LogP contribution in [0.4, 0.5) is 11.6 Å². The fourth-order valence-electron chi connectivity index (χ4n) is 1.62. The third-order valence-corrected chi connectivity index (χ3v) is 2.68. The molecule has 0 radical (unpaired) electrons. The second kappa shape index (κ2) is 6.03. The van der Waals surface area contributed by atoms with Crippen LogP contribution in [0, 0.1) is 5.92 Å². The number of hydrogen-bond acceptors (Lipinski definition) is 4. The maximum atomic E-state index is 5.82. The fraction of sp³-hybridized carbons (Fsp3) is 0.714. The first-order chi connectivity index (χ1) is 8.29. The minimum atomic E-state index is -0.0796. The molecule has 102 valence electrons. The molecule has 0 saturated carbocycles. The summed E-state index contributed by atoms with van der Waals surface area (Å²) >= 11 is 0. The minimum absolute atomic E-state index is 0.0796. The van der Waals surface area contributed by atoms with E-state index < -0.39 is 0 Å². The van der Waals surface area contributed by atoms with Crippen LogP contribution in [0.25, 0.3) is 0 Å². The lowest BCUT2D eigenvalue weighted by molar-refractivity contribution is 0.546. The molecule has 1 rings (SSSR count). The summed E-state index contributed by atoms with van der Waals surface area (Å²) in [6.45, 7) is 11.7. The lowest BCUT2D eigenvalue weighted by atomic mass is 9.96. The Balaban J connectivity index is 2.63. The van der Waals surface area contributed by atoms with Crippen molar-refractivity contribution in [2.75, 3.05) is 17.6 Å². The number of nitrogens with zero attached hydrogens (tertiary/aromatic N) is 2. The van der Waals surface area contributed by atoms with E-state index in [4.69, 9.17) is 5.73 Å². The largest absolute Gasteiger partial charge is 0.384 e. The molecule has 0 fully saturated rings. The highest BCUT2D eigenvalue weighted by atomic mass is 15.1. The van der Waals surface area contributed by atoms with E-state index in [1.165, 1.54) is 6.42 Å². The van der Waals surface area contributed by atoms with Gasteiger partial charge in [0.15, 0.2) is 0 Å². The Morgan fingerprint density at radius 1 is 1.28 bits per heavy atom. The van der Waals surface area contributed by atoms with Crippen LogP contribution in [0.2, 0.25) is 0 Å². The van der Waals surface area contributed by atoms with Crippen LogP contribution in [0.15, 0.2) is 6.07 Å². The third kappa shape index (κ3) is 4.90. The van der Waals surface area contributed by atoms with Crippen molar-refractivity contribution in [3.05, 3.63) is 11.9 Å². The monoisotopic (exact) mass is 250 g/mol. The average molecular weight is 250 g/mol. The second-order valence-electron chi connectivity index (χ2n) is 6.21. The van der Waals surface area contributed by atoms with E-state index >= 15 is 0 Å². The van der Waals surface area contributed by atoms with Gasteiger partial charge in [0.25, 0.3) is 0 Å². The van der Waals surface area contributed by atoms with Crippen LogP contribution in [0.1, 0.15) is 53.3 Å². The first kappa shape index (κ1) is 14.7. The van der Waals surface area contributed by atoms with Crippen molar-refractivity contribution in [1.82, 2.24) is 9.97 Å². The highest BCUT2D eigenvalue weighted by molar-refractivity contribution is 5.45. The fourth-order valence-corrected chi connectivity index (χ4v) is 1.62. The van der Waals surface area contributed by atoms with E-state index in [0.29, 0.717) is 5.82 Å². The average Bonchev–Trinajstić information content (AvgIpc) is 2.22. The Labute approximate surface area is 110 Å². The Kier molecular flexibility index (Phi) is 4.93. The smallest absolute Gasteiger partial charge is 0.138 e. The first-order valence-electron chi connectivity index (χ1n) is 6.68. The summed E-state index contributed by atoms with van der Waals surface area (Å²) in [6.07, 6.45) is 2.37. The van der Waals surface area contributed by atoms with Crippen molar-refractivity contribution in [2.45, 2.75) is 52.9 Å². The zero-order chi connectivity index (χ0) is 13.8. The quantitative estimate of drug-likeness (QED) is 0.788. The van der Waals surface area contributed by atoms with Crippen LogP contribution < -0.4 is 11.1 Å². The van der Waals surface area contributed by atoms with E-state index in [1.807, 2.05) is 0 Å². The molecular weight excluding hydrogens is 224 g/mol. The summed E-state index contributed by atoms with van der Waals surface area (Å²) in [5, 5.41) is 3.32. The molecule has 0 spiro atoms. The number of nitrogens with two attached hydrogens (primary N) is 1. The molecule has 0 bridgehead atoms. The van der Waals surface area contributed by atoms with Gasteiger partial charge in [0.2, 0.25) is 0 Å². The molecule has 0 unspecified atom stereocenters. The standard InChI is InChI=1S/C14H26N4/c1-10(2)7-6-8-16-12-9-11(15)17-13(18-12)14(3,4)5/h9-10H,6-8H2,1-5H3,(H3,15,16,17,18). The van der Waals surface area contributed by atoms with E-state index in [0.717, 1.165) is 30.5 Å². The summed E-state index contributed by atoms with van der Waals surface area (Å²) in [7, 11) is 0. The highest BCUT2D eigenvalue weighted by Crippen LogP contribution is 2.21. The van der Waals surface area contributed by atoms with Gasteiger partial charge < -0.3 is 11.1 Å². The van der Waals surface area contributed by atoms with Gasteiger partial charge in [0.1, 0.15) is 17.5 Å². The van der Waals surface area contributed by atoms with Crippen LogP contribution in [0.3, 0.4) is 0 Å². The summed E-state index contributed by atoms with van der Waals surface area (Å²) in [4.78, 5) is 8.81. The number of nitrogen functional groups attached to an aromatic ring is 1. The van der Waals surface area contributed by atoms with Gasteiger partial charge in [-0.2, -0.15) is 0 Å². The van der Waals surface area contributed by atoms with Gasteiger partial charge in [0.05, 0.1) is 0 Å². The molecule has 4 nitrogen and oxygen atoms in total. The predicted octanol–water partition coefficient (Wildman–Crippen LogP) is 3.20. The maximum absolute atomic E-state index is 5.82. The van der Waals surface area contributed by atoms with Gasteiger partial charge in [-0.05, 0) is 18.8 Å². The number of nitrogens with one attached hydrogen (secondary N) is 1. The van der Waals surface area contributed by atoms with E-state index in [1.54, 1.807) is 6.07 Å². The normalized spacial score (nSPS) is 11.9. The van der Waals surface area contributed by atoms with Crippen molar-refractivity contribution in [3.63, 3.8) is 0 Å². The van der Waals surface area contributed by atoms with Gasteiger partial charge in [-0.15, -0.1) is 0 Å². The Morgan fingerprint density at radius 3 is 2.50 bits per heavy atom. The summed E-state index contributed by atoms with van der Waals surface area (Å²) in [5.41, 5.74) is 5.74. The molecular formula is C14H26N4. The first-order valence-corrected chi connectivity index (χ1v) is 6.68. The third-order valence-electron chi connectivity index (χ3n) is 2.68. The summed E-state index contributed by atoms with van der Waals surface area (Å²) in [6, 6.07) is 1.80. The molecule has 1 heterocycles. The Morgan fingerprint density at radius 2 is 1.94 bits per heavy atom. The lowest BCUT2D eigenvalue weighted by Gasteiger charge is -2.18. The summed E-state index contributed by atoms with van der Waals surface area (Å²) in [5.74, 6) is 2.89. The molecule has 0 aromatic carbocycles. The number of aromatic nitrogens is 2. The van der Waals surface area contributed by atoms with Crippen molar-refractivity contribution >= 4 is 11.6 Å².